The van der Waals surface area contributed by atoms with Gasteiger partial charge in [-0.1, -0.05) is 11.6 Å². The Labute approximate surface area is 212 Å². The van der Waals surface area contributed by atoms with Gasteiger partial charge in [0.15, 0.2) is 0 Å². The zero-order valence-corrected chi connectivity index (χ0v) is 20.2. The van der Waals surface area contributed by atoms with Crippen molar-refractivity contribution in [3.63, 3.8) is 0 Å². The lowest BCUT2D eigenvalue weighted by Gasteiger charge is -2.15. The Balaban J connectivity index is 1.34. The summed E-state index contributed by atoms with van der Waals surface area (Å²) in [5, 5.41) is 22.9. The van der Waals surface area contributed by atoms with E-state index < -0.39 is 5.97 Å². The van der Waals surface area contributed by atoms with Gasteiger partial charge in [0.2, 0.25) is 0 Å². The maximum Gasteiger partial charge on any atom is 0.308 e. The number of halogens is 1. The fourth-order valence-corrected chi connectivity index (χ4v) is 5.68. The molecule has 10 nitrogen and oxygen atoms in total. The molecule has 180 valence electrons. The highest BCUT2D eigenvalue weighted by Gasteiger charge is 2.28. The van der Waals surface area contributed by atoms with E-state index in [-0.39, 0.29) is 18.0 Å². The monoisotopic (exact) mass is 519 g/mol. The number of aryl methyl sites for hydroxylation is 1. The molecule has 1 aromatic carbocycles. The second kappa shape index (κ2) is 8.85. The molecular formula is C24H18ClN7O3S. The number of imidazole rings is 1. The van der Waals surface area contributed by atoms with Crippen molar-refractivity contribution in [2.75, 3.05) is 0 Å². The number of pyridine rings is 1. The van der Waals surface area contributed by atoms with Crippen LogP contribution in [0.1, 0.15) is 28.9 Å². The Morgan fingerprint density at radius 1 is 1.22 bits per heavy atom. The minimum Gasteiger partial charge on any atom is -0.481 e. The van der Waals surface area contributed by atoms with Crippen LogP contribution < -0.4 is 5.56 Å². The van der Waals surface area contributed by atoms with E-state index >= 15 is 0 Å². The number of carboxylic acid groups (broad SMARTS) is 1. The van der Waals surface area contributed by atoms with Crippen LogP contribution in [0.3, 0.4) is 0 Å². The standard InChI is InChI=1S/C24H18ClN7O3S/c25-15-1-3-20(31-12-27-29-30-31)18(8-15)13-5-16-2-4-21(32(16)22(33)7-13)24-26-10-19(28-24)14-6-17(36-11-14)9-23(34)35/h1,3,5-8,10-12,21H,2,4,9H2,(H,26,28)(H,34,35)/t21-/m0/s1. The predicted octanol–water partition coefficient (Wildman–Crippen LogP) is 3.76. The summed E-state index contributed by atoms with van der Waals surface area (Å²) in [6.45, 7) is 0. The number of nitrogens with zero attached hydrogens (tertiary/aromatic N) is 6. The van der Waals surface area contributed by atoms with Gasteiger partial charge in [-0.2, -0.15) is 4.68 Å². The van der Waals surface area contributed by atoms with E-state index in [0.29, 0.717) is 17.3 Å². The summed E-state index contributed by atoms with van der Waals surface area (Å²) in [5.41, 5.74) is 4.66. The molecule has 0 spiro atoms. The van der Waals surface area contributed by atoms with Crippen molar-refractivity contribution < 1.29 is 9.90 Å². The van der Waals surface area contributed by atoms with Crippen molar-refractivity contribution in [1.29, 1.82) is 0 Å². The van der Waals surface area contributed by atoms with E-state index in [1.54, 1.807) is 29.0 Å². The molecule has 5 heterocycles. The van der Waals surface area contributed by atoms with Crippen LogP contribution >= 0.6 is 22.9 Å². The molecule has 1 atom stereocenters. The summed E-state index contributed by atoms with van der Waals surface area (Å²) in [4.78, 5) is 33.0. The Morgan fingerprint density at radius 3 is 2.92 bits per heavy atom. The molecule has 12 heteroatoms. The minimum absolute atomic E-state index is 0.0127. The molecular weight excluding hydrogens is 502 g/mol. The van der Waals surface area contributed by atoms with Gasteiger partial charge >= 0.3 is 5.97 Å². The van der Waals surface area contributed by atoms with E-state index in [1.165, 1.54) is 22.3 Å². The third kappa shape index (κ3) is 4.01. The lowest BCUT2D eigenvalue weighted by Crippen LogP contribution is -2.23. The number of benzene rings is 1. The number of tetrazole rings is 1. The van der Waals surface area contributed by atoms with Gasteiger partial charge in [-0.3, -0.25) is 9.59 Å². The average molecular weight is 520 g/mol. The van der Waals surface area contributed by atoms with Crippen LogP contribution in [-0.2, 0) is 17.6 Å². The van der Waals surface area contributed by atoms with E-state index in [2.05, 4.69) is 25.5 Å². The summed E-state index contributed by atoms with van der Waals surface area (Å²) in [5.74, 6) is -0.167. The van der Waals surface area contributed by atoms with Crippen LogP contribution in [0.4, 0.5) is 0 Å². The van der Waals surface area contributed by atoms with Gasteiger partial charge in [-0.05, 0) is 59.2 Å². The first kappa shape index (κ1) is 22.4. The second-order valence-corrected chi connectivity index (χ2v) is 9.90. The Morgan fingerprint density at radius 2 is 2.11 bits per heavy atom. The van der Waals surface area contributed by atoms with Gasteiger partial charge in [0.05, 0.1) is 30.0 Å². The minimum atomic E-state index is -0.863. The number of aromatic nitrogens is 7. The first-order valence-corrected chi connectivity index (χ1v) is 12.4. The fraction of sp³-hybridized carbons (Fsp3) is 0.167. The van der Waals surface area contributed by atoms with Crippen molar-refractivity contribution in [3.8, 4) is 28.1 Å². The molecule has 4 aromatic heterocycles. The maximum absolute atomic E-state index is 13.3. The van der Waals surface area contributed by atoms with Crippen molar-refractivity contribution in [2.24, 2.45) is 0 Å². The number of hydrogen-bond donors (Lipinski definition) is 2. The number of rotatable bonds is 6. The van der Waals surface area contributed by atoms with Gasteiger partial charge in [0.1, 0.15) is 12.2 Å². The third-order valence-corrected chi connectivity index (χ3v) is 7.37. The van der Waals surface area contributed by atoms with Crippen LogP contribution in [0.2, 0.25) is 5.02 Å². The number of hydrogen-bond acceptors (Lipinski definition) is 7. The van der Waals surface area contributed by atoms with Crippen LogP contribution in [-0.4, -0.2) is 45.8 Å². The van der Waals surface area contributed by atoms with Crippen LogP contribution in [0.5, 0.6) is 0 Å². The number of thiophene rings is 1. The van der Waals surface area contributed by atoms with Crippen LogP contribution in [0.25, 0.3) is 28.1 Å². The van der Waals surface area contributed by atoms with E-state index in [4.69, 9.17) is 16.7 Å². The Bertz CT molecular complexity index is 1650. The van der Waals surface area contributed by atoms with E-state index in [0.717, 1.165) is 45.1 Å². The van der Waals surface area contributed by atoms with Gasteiger partial charge in [-0.15, -0.1) is 16.4 Å². The summed E-state index contributed by atoms with van der Waals surface area (Å²) >= 11 is 7.68. The molecule has 1 aliphatic rings. The molecule has 36 heavy (non-hydrogen) atoms. The number of nitrogens with one attached hydrogen (secondary N) is 1. The number of H-pyrrole nitrogens is 1. The highest BCUT2D eigenvalue weighted by Crippen LogP contribution is 2.34. The third-order valence-electron chi connectivity index (χ3n) is 6.20. The molecule has 0 saturated carbocycles. The van der Waals surface area contributed by atoms with Crippen molar-refractivity contribution in [3.05, 3.63) is 86.1 Å². The molecule has 0 unspecified atom stereocenters. The Hall–Kier alpha value is -4.09. The second-order valence-electron chi connectivity index (χ2n) is 8.47. The topological polar surface area (TPSA) is 132 Å². The highest BCUT2D eigenvalue weighted by molar-refractivity contribution is 7.10. The summed E-state index contributed by atoms with van der Waals surface area (Å²) in [6.07, 6.45) is 4.65. The SMILES string of the molecule is O=C(O)Cc1cc(-c2cnc([C@@H]3CCc4cc(-c5cc(Cl)ccc5-n5cnnn5)cc(=O)n43)[nH]2)cs1. The quantitative estimate of drug-likeness (QED) is 0.349. The molecule has 0 bridgehead atoms. The average Bonchev–Trinajstić information content (AvgIpc) is 3.64. The highest BCUT2D eigenvalue weighted by atomic mass is 35.5. The first-order chi connectivity index (χ1) is 17.5. The normalized spacial score (nSPS) is 14.8. The first-order valence-electron chi connectivity index (χ1n) is 11.1. The lowest BCUT2D eigenvalue weighted by molar-refractivity contribution is -0.136. The molecule has 0 amide bonds. The van der Waals surface area contributed by atoms with Crippen LogP contribution in [0, 0.1) is 0 Å². The van der Waals surface area contributed by atoms with E-state index in [1.807, 2.05) is 23.6 Å². The molecule has 6 rings (SSSR count). The maximum atomic E-state index is 13.3. The largest absolute Gasteiger partial charge is 0.481 e. The molecule has 2 N–H and O–H groups in total. The van der Waals surface area contributed by atoms with Crippen molar-refractivity contribution in [2.45, 2.75) is 25.3 Å². The number of aromatic amines is 1. The molecule has 1 aliphatic heterocycles. The zero-order chi connectivity index (χ0) is 24.8. The number of fused-ring (bicyclic) bond motifs is 1. The van der Waals surface area contributed by atoms with Gasteiger partial charge in [-0.25, -0.2) is 4.98 Å². The van der Waals surface area contributed by atoms with Crippen LogP contribution in [0.15, 0.2) is 59.1 Å². The van der Waals surface area contributed by atoms with Crippen molar-refractivity contribution in [1.82, 2.24) is 34.7 Å². The summed E-state index contributed by atoms with van der Waals surface area (Å²) in [7, 11) is 0. The lowest BCUT2D eigenvalue weighted by atomic mass is 10.0. The number of aliphatic carboxylic acids is 1. The molecule has 5 aromatic rings. The van der Waals surface area contributed by atoms with Gasteiger partial charge in [0, 0.05) is 38.2 Å². The zero-order valence-electron chi connectivity index (χ0n) is 18.6. The molecule has 0 fully saturated rings. The summed E-state index contributed by atoms with van der Waals surface area (Å²) in [6, 6.07) is 10.6. The van der Waals surface area contributed by atoms with Crippen molar-refractivity contribution >= 4 is 28.9 Å². The van der Waals surface area contributed by atoms with Gasteiger partial charge in [0.25, 0.3) is 5.56 Å². The summed E-state index contributed by atoms with van der Waals surface area (Å²) < 4.78 is 3.31. The predicted molar refractivity (Wildman–Crippen MR) is 134 cm³/mol. The smallest absolute Gasteiger partial charge is 0.308 e. The van der Waals surface area contributed by atoms with Gasteiger partial charge < -0.3 is 14.7 Å². The molecule has 0 aliphatic carbocycles. The number of carboxylic acids is 1. The fourth-order valence-electron chi connectivity index (χ4n) is 4.64. The molecule has 0 saturated heterocycles. The number of carbonyl (C=O) groups is 1. The Kier molecular flexibility index (Phi) is 5.50. The van der Waals surface area contributed by atoms with E-state index in [9.17, 15) is 9.59 Å². The molecule has 0 radical (unpaired) electrons.